The van der Waals surface area contributed by atoms with E-state index in [9.17, 15) is 14.7 Å². The molecule has 1 aromatic carbocycles. The van der Waals surface area contributed by atoms with Crippen LogP contribution in [0.15, 0.2) is 59.7 Å². The largest absolute Gasteiger partial charge is 0.455 e. The van der Waals surface area contributed by atoms with Gasteiger partial charge in [-0.15, -0.1) is 0 Å². The van der Waals surface area contributed by atoms with Gasteiger partial charge in [-0.05, 0) is 67.4 Å². The van der Waals surface area contributed by atoms with Gasteiger partial charge < -0.3 is 19.3 Å². The summed E-state index contributed by atoms with van der Waals surface area (Å²) in [4.78, 5) is 26.0. The Kier molecular flexibility index (Phi) is 6.61. The number of aliphatic hydroxyl groups excluding tert-OH is 1. The van der Waals surface area contributed by atoms with Crippen LogP contribution in [0.3, 0.4) is 0 Å². The highest BCUT2D eigenvalue weighted by Crippen LogP contribution is 2.61. The van der Waals surface area contributed by atoms with E-state index in [2.05, 4.69) is 27.4 Å². The summed E-state index contributed by atoms with van der Waals surface area (Å²) in [5.41, 5.74) is 2.23. The van der Waals surface area contributed by atoms with Gasteiger partial charge in [0.25, 0.3) is 0 Å². The summed E-state index contributed by atoms with van der Waals surface area (Å²) in [6, 6.07) is 9.57. The van der Waals surface area contributed by atoms with Gasteiger partial charge >= 0.3 is 5.97 Å². The Morgan fingerprint density at radius 2 is 1.82 bits per heavy atom. The lowest BCUT2D eigenvalue weighted by molar-refractivity contribution is -0.173. The van der Waals surface area contributed by atoms with E-state index < -0.39 is 46.8 Å². The molecule has 0 unspecified atom stereocenters. The number of hydrogen-bond donors (Lipinski definition) is 1. The first kappa shape index (κ1) is 27.0. The van der Waals surface area contributed by atoms with Crippen LogP contribution < -0.4 is 0 Å². The zero-order valence-electron chi connectivity index (χ0n) is 23.3. The molecule has 1 aromatic rings. The van der Waals surface area contributed by atoms with Crippen molar-refractivity contribution in [2.45, 2.75) is 91.0 Å². The topological polar surface area (TPSA) is 82.1 Å². The molecule has 2 saturated carbocycles. The van der Waals surface area contributed by atoms with E-state index in [-0.39, 0.29) is 24.2 Å². The number of rotatable bonds is 3. The molecule has 3 aliphatic carbocycles. The van der Waals surface area contributed by atoms with Crippen molar-refractivity contribution < 1.29 is 28.9 Å². The molecule has 1 saturated heterocycles. The summed E-state index contributed by atoms with van der Waals surface area (Å²) in [5.74, 6) is -2.01. The van der Waals surface area contributed by atoms with Crippen LogP contribution in [0.4, 0.5) is 0 Å². The molecule has 2 bridgehead atoms. The summed E-state index contributed by atoms with van der Waals surface area (Å²) in [6.07, 6.45) is 2.45. The smallest absolute Gasteiger partial charge is 0.331 e. The van der Waals surface area contributed by atoms with E-state index in [4.69, 9.17) is 14.2 Å². The monoisotopic (exact) mass is 520 g/mol. The number of esters is 1. The van der Waals surface area contributed by atoms with Gasteiger partial charge in [0.05, 0.1) is 12.2 Å². The first-order valence-electron chi connectivity index (χ1n) is 13.7. The van der Waals surface area contributed by atoms with Gasteiger partial charge in [-0.1, -0.05) is 57.7 Å². The molecule has 0 radical (unpaired) electrons. The summed E-state index contributed by atoms with van der Waals surface area (Å²) in [6.45, 7) is 16.4. The molecule has 3 fully saturated rings. The number of ether oxygens (including phenoxy) is 3. The zero-order chi connectivity index (χ0) is 27.6. The maximum atomic E-state index is 13.2. The second-order valence-corrected chi connectivity index (χ2v) is 12.7. The Labute approximate surface area is 225 Å². The number of ketones is 1. The van der Waals surface area contributed by atoms with E-state index in [0.717, 1.165) is 16.7 Å². The third kappa shape index (κ3) is 4.31. The summed E-state index contributed by atoms with van der Waals surface area (Å²) >= 11 is 0. The number of carbonyl (C=O) groups excluding carboxylic acids is 2. The highest BCUT2D eigenvalue weighted by atomic mass is 16.8. The van der Waals surface area contributed by atoms with E-state index >= 15 is 0 Å². The quantitative estimate of drug-likeness (QED) is 0.326. The van der Waals surface area contributed by atoms with Crippen molar-refractivity contribution in [3.05, 3.63) is 65.3 Å². The Balaban J connectivity index is 1.51. The highest BCUT2D eigenvalue weighted by molar-refractivity contribution is 5.97. The number of aliphatic hydroxyl groups is 1. The molecular formula is C32H40O6. The summed E-state index contributed by atoms with van der Waals surface area (Å²) < 4.78 is 19.0. The summed E-state index contributed by atoms with van der Waals surface area (Å²) in [5, 5.41) is 12.1. The molecule has 1 heterocycles. The first-order valence-corrected chi connectivity index (χ1v) is 13.7. The molecule has 204 valence electrons. The van der Waals surface area contributed by atoms with E-state index in [1.54, 1.807) is 6.08 Å². The van der Waals surface area contributed by atoms with Gasteiger partial charge in [0.15, 0.2) is 11.6 Å². The first-order chi connectivity index (χ1) is 17.8. The summed E-state index contributed by atoms with van der Waals surface area (Å²) in [7, 11) is 0. The van der Waals surface area contributed by atoms with Crippen molar-refractivity contribution in [3.8, 4) is 0 Å². The average molecular weight is 521 g/mol. The lowest BCUT2D eigenvalue weighted by Crippen LogP contribution is -2.61. The van der Waals surface area contributed by atoms with Gasteiger partial charge in [0.1, 0.15) is 12.2 Å². The van der Waals surface area contributed by atoms with E-state index in [1.165, 1.54) is 6.08 Å². The van der Waals surface area contributed by atoms with Crippen LogP contribution in [0.25, 0.3) is 6.08 Å². The second kappa shape index (κ2) is 9.29. The minimum Gasteiger partial charge on any atom is -0.455 e. The van der Waals surface area contributed by atoms with Crippen molar-refractivity contribution in [2.75, 3.05) is 0 Å². The fraction of sp³-hybridized carbons (Fsp3) is 0.562. The molecule has 4 aliphatic rings. The third-order valence-corrected chi connectivity index (χ3v) is 9.57. The molecule has 5 rings (SSSR count). The Morgan fingerprint density at radius 1 is 1.13 bits per heavy atom. The number of carbonyl (C=O) groups is 2. The molecule has 0 spiro atoms. The highest BCUT2D eigenvalue weighted by Gasteiger charge is 2.65. The molecule has 0 amide bonds. The molecular weight excluding hydrogens is 480 g/mol. The van der Waals surface area contributed by atoms with Gasteiger partial charge in [0.2, 0.25) is 0 Å². The van der Waals surface area contributed by atoms with Gasteiger partial charge in [-0.3, -0.25) is 4.79 Å². The van der Waals surface area contributed by atoms with Crippen molar-refractivity contribution >= 4 is 17.8 Å². The van der Waals surface area contributed by atoms with Gasteiger partial charge in [-0.2, -0.15) is 0 Å². The maximum absolute atomic E-state index is 13.2. The minimum absolute atomic E-state index is 0.0366. The maximum Gasteiger partial charge on any atom is 0.331 e. The van der Waals surface area contributed by atoms with Crippen LogP contribution in [0.1, 0.15) is 66.4 Å². The van der Waals surface area contributed by atoms with E-state index in [1.807, 2.05) is 51.1 Å². The van der Waals surface area contributed by atoms with Crippen LogP contribution in [0, 0.1) is 22.7 Å². The number of fused-ring (bicyclic) bond motifs is 6. The standard InChI is InChI=1S/C32H40O6/c1-18-22(33)17-21-27(35)25-19(2)23(36-24(34)14-13-20-11-9-8-10-12-20)15-16-32(25,7)29-28(26(18)30(21,3)4)37-31(5,6)38-29/h8-14,21,23,25,27-29,35H,2,15-17H2,1,3-7H3/b14-13+/t21-,23-,25-,27+,28+,29-,32+/m0/s1. The van der Waals surface area contributed by atoms with Gasteiger partial charge in [0, 0.05) is 29.7 Å². The van der Waals surface area contributed by atoms with Gasteiger partial charge in [-0.25, -0.2) is 4.79 Å². The lowest BCUT2D eigenvalue weighted by Gasteiger charge is -2.57. The Bertz CT molecular complexity index is 1210. The van der Waals surface area contributed by atoms with Crippen LogP contribution in [-0.2, 0) is 23.8 Å². The zero-order valence-corrected chi connectivity index (χ0v) is 23.3. The molecule has 1 aliphatic heterocycles. The lowest BCUT2D eigenvalue weighted by atomic mass is 9.49. The minimum atomic E-state index is -0.857. The fourth-order valence-electron chi connectivity index (χ4n) is 7.63. The molecule has 1 N–H and O–H groups in total. The van der Waals surface area contributed by atoms with Crippen molar-refractivity contribution in [1.82, 2.24) is 0 Å². The van der Waals surface area contributed by atoms with Crippen LogP contribution >= 0.6 is 0 Å². The van der Waals surface area contributed by atoms with Crippen molar-refractivity contribution in [2.24, 2.45) is 22.7 Å². The van der Waals surface area contributed by atoms with Crippen molar-refractivity contribution in [1.29, 1.82) is 0 Å². The molecule has 7 atom stereocenters. The fourth-order valence-corrected chi connectivity index (χ4v) is 7.63. The van der Waals surface area contributed by atoms with Crippen LogP contribution in [0.5, 0.6) is 0 Å². The number of Topliss-reactive ketones (excluding diaryl/α,β-unsaturated/α-hetero) is 1. The van der Waals surface area contributed by atoms with Crippen LogP contribution in [-0.4, -0.2) is 47.1 Å². The molecule has 0 aromatic heterocycles. The normalized spacial score (nSPS) is 37.9. The van der Waals surface area contributed by atoms with Crippen molar-refractivity contribution in [3.63, 3.8) is 0 Å². The van der Waals surface area contributed by atoms with Crippen LogP contribution in [0.2, 0.25) is 0 Å². The number of benzene rings is 1. The number of allylic oxidation sites excluding steroid dienone is 1. The third-order valence-electron chi connectivity index (χ3n) is 9.57. The Morgan fingerprint density at radius 3 is 2.50 bits per heavy atom. The molecule has 38 heavy (non-hydrogen) atoms. The predicted octanol–water partition coefficient (Wildman–Crippen LogP) is 5.41. The predicted molar refractivity (Wildman–Crippen MR) is 145 cm³/mol. The number of hydrogen-bond acceptors (Lipinski definition) is 6. The SMILES string of the molecule is C=C1[C@@H](OC(=O)/C=C/c2ccccc2)CC[C@@]2(C)[C@H]3OC(C)(C)O[C@@H]3C3=C(C)C(=O)C[C@@H]([C@@H](O)[C@H]12)C3(C)C. The van der Waals surface area contributed by atoms with E-state index in [0.29, 0.717) is 18.4 Å². The average Bonchev–Trinajstić information content (AvgIpc) is 3.17. The molecule has 6 nitrogen and oxygen atoms in total. The Hall–Kier alpha value is -2.54. The second-order valence-electron chi connectivity index (χ2n) is 12.7. The molecule has 6 heteroatoms.